The summed E-state index contributed by atoms with van der Waals surface area (Å²) < 4.78 is 11.8. The molecule has 3 aromatic rings. The molecule has 0 radical (unpaired) electrons. The molecule has 4 rings (SSSR count). The van der Waals surface area contributed by atoms with Gasteiger partial charge in [0.05, 0.1) is 25.8 Å². The second kappa shape index (κ2) is 10.2. The van der Waals surface area contributed by atoms with Gasteiger partial charge in [-0.3, -0.25) is 9.69 Å². The number of halogens is 1. The third-order valence-electron chi connectivity index (χ3n) is 5.91. The van der Waals surface area contributed by atoms with E-state index in [1.54, 1.807) is 32.4 Å². The van der Waals surface area contributed by atoms with E-state index in [1.165, 1.54) is 11.1 Å². The molecule has 1 fully saturated rings. The number of piperazine rings is 1. The summed E-state index contributed by atoms with van der Waals surface area (Å²) in [6.45, 7) is 2.90. The molecule has 1 saturated heterocycles. The average Bonchev–Trinajstić information content (AvgIpc) is 2.85. The lowest BCUT2D eigenvalue weighted by molar-refractivity contribution is 0.0594. The third-order valence-corrected chi connectivity index (χ3v) is 6.44. The van der Waals surface area contributed by atoms with Crippen LogP contribution >= 0.6 is 15.9 Å². The Morgan fingerprint density at radius 1 is 0.844 bits per heavy atom. The van der Waals surface area contributed by atoms with Gasteiger partial charge >= 0.3 is 0 Å². The number of methoxy groups -OCH3 is 2. The van der Waals surface area contributed by atoms with E-state index in [2.05, 4.69) is 69.4 Å². The van der Waals surface area contributed by atoms with Gasteiger partial charge in [0.2, 0.25) is 0 Å². The van der Waals surface area contributed by atoms with Crippen molar-refractivity contribution in [2.75, 3.05) is 40.4 Å². The fourth-order valence-corrected chi connectivity index (χ4v) is 4.49. The predicted octanol–water partition coefficient (Wildman–Crippen LogP) is 5.01. The molecular formula is C26H27BrN2O3. The highest BCUT2D eigenvalue weighted by Gasteiger charge is 2.29. The van der Waals surface area contributed by atoms with Crippen LogP contribution in [0.1, 0.15) is 27.5 Å². The van der Waals surface area contributed by atoms with Crippen LogP contribution in [0.25, 0.3) is 0 Å². The average molecular weight is 495 g/mol. The van der Waals surface area contributed by atoms with Gasteiger partial charge in [0.1, 0.15) is 11.5 Å². The first-order valence-corrected chi connectivity index (χ1v) is 11.5. The van der Waals surface area contributed by atoms with Gasteiger partial charge in [-0.05, 0) is 35.4 Å². The molecule has 0 saturated carbocycles. The van der Waals surface area contributed by atoms with Gasteiger partial charge in [-0.1, -0.05) is 58.4 Å². The van der Waals surface area contributed by atoms with Crippen molar-refractivity contribution in [2.24, 2.45) is 0 Å². The molecule has 0 aliphatic carbocycles. The van der Waals surface area contributed by atoms with Crippen molar-refractivity contribution in [3.05, 3.63) is 94.0 Å². The minimum absolute atomic E-state index is 0.0101. The van der Waals surface area contributed by atoms with E-state index in [-0.39, 0.29) is 11.9 Å². The first-order chi connectivity index (χ1) is 15.6. The van der Waals surface area contributed by atoms with Crippen LogP contribution in [-0.4, -0.2) is 56.1 Å². The molecule has 5 nitrogen and oxygen atoms in total. The number of ether oxygens (including phenoxy) is 2. The lowest BCUT2D eigenvalue weighted by atomic mass is 9.96. The van der Waals surface area contributed by atoms with Gasteiger partial charge in [0.15, 0.2) is 0 Å². The number of amides is 1. The highest BCUT2D eigenvalue weighted by Crippen LogP contribution is 2.31. The van der Waals surface area contributed by atoms with Gasteiger partial charge in [-0.25, -0.2) is 0 Å². The van der Waals surface area contributed by atoms with E-state index in [0.717, 1.165) is 17.6 Å². The Hall–Kier alpha value is -2.83. The van der Waals surface area contributed by atoms with Crippen molar-refractivity contribution >= 4 is 21.8 Å². The summed E-state index contributed by atoms with van der Waals surface area (Å²) in [7, 11) is 3.18. The van der Waals surface area contributed by atoms with Crippen molar-refractivity contribution in [1.29, 1.82) is 0 Å². The molecule has 0 aromatic heterocycles. The second-order valence-electron chi connectivity index (χ2n) is 7.76. The molecule has 0 N–H and O–H groups in total. The number of nitrogens with zero attached hydrogens (tertiary/aromatic N) is 2. The van der Waals surface area contributed by atoms with Crippen LogP contribution in [0.2, 0.25) is 0 Å². The fourth-order valence-electron chi connectivity index (χ4n) is 4.22. The molecule has 0 bridgehead atoms. The SMILES string of the molecule is COc1ccc(C(=O)N2CCN([C@@H](c3ccccc3)c3ccc(Br)cc3)CC2)c(OC)c1. The van der Waals surface area contributed by atoms with Crippen molar-refractivity contribution in [3.8, 4) is 11.5 Å². The van der Waals surface area contributed by atoms with E-state index in [1.807, 2.05) is 11.0 Å². The predicted molar refractivity (Wildman–Crippen MR) is 129 cm³/mol. The zero-order valence-electron chi connectivity index (χ0n) is 18.3. The molecule has 0 unspecified atom stereocenters. The minimum Gasteiger partial charge on any atom is -0.497 e. The zero-order chi connectivity index (χ0) is 22.5. The Kier molecular flexibility index (Phi) is 7.12. The minimum atomic E-state index is -0.0101. The van der Waals surface area contributed by atoms with Gasteiger partial charge in [-0.2, -0.15) is 0 Å². The van der Waals surface area contributed by atoms with Crippen molar-refractivity contribution < 1.29 is 14.3 Å². The van der Waals surface area contributed by atoms with Crippen LogP contribution < -0.4 is 9.47 Å². The van der Waals surface area contributed by atoms with E-state index >= 15 is 0 Å². The third kappa shape index (κ3) is 4.81. The Labute approximate surface area is 197 Å². The normalized spacial score (nSPS) is 15.3. The number of carbonyl (C=O) groups excluding carboxylic acids is 1. The summed E-state index contributed by atoms with van der Waals surface area (Å²) in [5, 5.41) is 0. The van der Waals surface area contributed by atoms with Gasteiger partial charge in [0, 0.05) is 36.7 Å². The van der Waals surface area contributed by atoms with Crippen molar-refractivity contribution in [2.45, 2.75) is 6.04 Å². The quantitative estimate of drug-likeness (QED) is 0.482. The van der Waals surface area contributed by atoms with Gasteiger partial charge < -0.3 is 14.4 Å². The first-order valence-electron chi connectivity index (χ1n) is 10.7. The first kappa shape index (κ1) is 22.4. The molecule has 1 atom stereocenters. The van der Waals surface area contributed by atoms with Crippen molar-refractivity contribution in [3.63, 3.8) is 0 Å². The van der Waals surface area contributed by atoms with E-state index in [4.69, 9.17) is 9.47 Å². The lowest BCUT2D eigenvalue weighted by Crippen LogP contribution is -2.49. The number of carbonyl (C=O) groups is 1. The van der Waals surface area contributed by atoms with Crippen molar-refractivity contribution in [1.82, 2.24) is 9.80 Å². The largest absolute Gasteiger partial charge is 0.497 e. The number of benzene rings is 3. The lowest BCUT2D eigenvalue weighted by Gasteiger charge is -2.40. The summed E-state index contributed by atoms with van der Waals surface area (Å²) in [5.41, 5.74) is 3.07. The molecular weight excluding hydrogens is 468 g/mol. The van der Waals surface area contributed by atoms with Crippen LogP contribution in [-0.2, 0) is 0 Å². The Morgan fingerprint density at radius 2 is 1.50 bits per heavy atom. The topological polar surface area (TPSA) is 42.0 Å². The van der Waals surface area contributed by atoms with Crippen LogP contribution in [0.15, 0.2) is 77.3 Å². The summed E-state index contributed by atoms with van der Waals surface area (Å²) in [4.78, 5) is 17.6. The van der Waals surface area contributed by atoms with Crippen LogP contribution in [0.5, 0.6) is 11.5 Å². The number of rotatable bonds is 6. The molecule has 0 spiro atoms. The Balaban J connectivity index is 1.52. The van der Waals surface area contributed by atoms with Crippen LogP contribution in [0, 0.1) is 0 Å². The molecule has 1 aliphatic rings. The summed E-state index contributed by atoms with van der Waals surface area (Å²) >= 11 is 3.54. The fraction of sp³-hybridized carbons (Fsp3) is 0.269. The van der Waals surface area contributed by atoms with E-state index in [9.17, 15) is 4.79 Å². The van der Waals surface area contributed by atoms with Crippen LogP contribution in [0.4, 0.5) is 0 Å². The summed E-state index contributed by atoms with van der Waals surface area (Å²) in [6.07, 6.45) is 0. The summed E-state index contributed by atoms with van der Waals surface area (Å²) in [5.74, 6) is 1.20. The standard InChI is InChI=1S/C26H27BrN2O3/c1-31-22-12-13-23(24(18-22)32-2)26(30)29-16-14-28(15-17-29)25(19-6-4-3-5-7-19)20-8-10-21(27)11-9-20/h3-13,18,25H,14-17H2,1-2H3/t25-/m0/s1. The summed E-state index contributed by atoms with van der Waals surface area (Å²) in [6, 6.07) is 24.5. The molecule has 1 aliphatic heterocycles. The van der Waals surface area contributed by atoms with Gasteiger partial charge in [-0.15, -0.1) is 0 Å². The number of hydrogen-bond donors (Lipinski definition) is 0. The maximum absolute atomic E-state index is 13.2. The van der Waals surface area contributed by atoms with E-state index in [0.29, 0.717) is 30.2 Å². The molecule has 6 heteroatoms. The molecule has 32 heavy (non-hydrogen) atoms. The Morgan fingerprint density at radius 3 is 2.12 bits per heavy atom. The number of hydrogen-bond acceptors (Lipinski definition) is 4. The van der Waals surface area contributed by atoms with Gasteiger partial charge in [0.25, 0.3) is 5.91 Å². The highest BCUT2D eigenvalue weighted by molar-refractivity contribution is 9.10. The second-order valence-corrected chi connectivity index (χ2v) is 8.67. The molecule has 1 heterocycles. The smallest absolute Gasteiger partial charge is 0.257 e. The van der Waals surface area contributed by atoms with E-state index < -0.39 is 0 Å². The van der Waals surface area contributed by atoms with Crippen LogP contribution in [0.3, 0.4) is 0 Å². The Bertz CT molecular complexity index is 1050. The maximum Gasteiger partial charge on any atom is 0.257 e. The highest BCUT2D eigenvalue weighted by atomic mass is 79.9. The molecule has 166 valence electrons. The zero-order valence-corrected chi connectivity index (χ0v) is 19.9. The maximum atomic E-state index is 13.2. The molecule has 1 amide bonds. The molecule has 3 aromatic carbocycles. The monoisotopic (exact) mass is 494 g/mol.